The number of benzene rings is 4. The number of rotatable bonds is 13. The van der Waals surface area contributed by atoms with Crippen molar-refractivity contribution in [2.75, 3.05) is 10.8 Å². The number of halogens is 3. The van der Waals surface area contributed by atoms with Gasteiger partial charge in [0.1, 0.15) is 12.6 Å². The average Bonchev–Trinajstić information content (AvgIpc) is 3.04. The Morgan fingerprint density at radius 1 is 0.804 bits per heavy atom. The zero-order chi connectivity index (χ0) is 33.4. The fraction of sp³-hybridized carbons (Fsp3) is 0.257. The van der Waals surface area contributed by atoms with Gasteiger partial charge in [-0.05, 0) is 67.8 Å². The molecule has 0 aromatic heterocycles. The van der Waals surface area contributed by atoms with Crippen molar-refractivity contribution in [3.05, 3.63) is 129 Å². The minimum absolute atomic E-state index is 0.00165. The van der Waals surface area contributed by atoms with Gasteiger partial charge in [0.25, 0.3) is 10.0 Å². The predicted octanol–water partition coefficient (Wildman–Crippen LogP) is 7.71. The molecule has 0 radical (unpaired) electrons. The summed E-state index contributed by atoms with van der Waals surface area (Å²) in [6, 6.07) is 25.8. The maximum absolute atomic E-state index is 14.6. The van der Waals surface area contributed by atoms with Crippen LogP contribution in [-0.4, -0.2) is 43.8 Å². The molecule has 0 saturated heterocycles. The van der Waals surface area contributed by atoms with Crippen LogP contribution < -0.4 is 9.62 Å². The number of sulfonamides is 1. The number of hydrogen-bond donors (Lipinski definition) is 1. The summed E-state index contributed by atoms with van der Waals surface area (Å²) < 4.78 is 29.4. The van der Waals surface area contributed by atoms with E-state index in [2.05, 4.69) is 5.32 Å². The van der Waals surface area contributed by atoms with Gasteiger partial charge in [-0.2, -0.15) is 0 Å². The zero-order valence-corrected chi connectivity index (χ0v) is 28.9. The van der Waals surface area contributed by atoms with Gasteiger partial charge in [0.2, 0.25) is 11.8 Å². The molecule has 0 heterocycles. The molecular weight excluding hydrogens is 665 g/mol. The molecule has 0 saturated carbocycles. The molecule has 11 heteroatoms. The van der Waals surface area contributed by atoms with Gasteiger partial charge >= 0.3 is 0 Å². The number of hydrogen-bond acceptors (Lipinski definition) is 4. The van der Waals surface area contributed by atoms with E-state index in [1.54, 1.807) is 61.5 Å². The van der Waals surface area contributed by atoms with Crippen LogP contribution in [0.1, 0.15) is 37.0 Å². The number of carbonyl (C=O) groups excluding carboxylic acids is 2. The van der Waals surface area contributed by atoms with E-state index in [1.807, 2.05) is 44.2 Å². The Kier molecular flexibility index (Phi) is 12.1. The Balaban J connectivity index is 1.87. The molecule has 0 fully saturated rings. The highest BCUT2D eigenvalue weighted by Crippen LogP contribution is 2.32. The van der Waals surface area contributed by atoms with Crippen LogP contribution >= 0.6 is 34.8 Å². The molecule has 0 aliphatic heterocycles. The Morgan fingerprint density at radius 3 is 1.98 bits per heavy atom. The Labute approximate surface area is 286 Å². The van der Waals surface area contributed by atoms with Gasteiger partial charge in [-0.25, -0.2) is 8.42 Å². The Bertz CT molecular complexity index is 1750. The van der Waals surface area contributed by atoms with E-state index in [1.165, 1.54) is 17.0 Å². The van der Waals surface area contributed by atoms with Crippen LogP contribution in [0.25, 0.3) is 0 Å². The molecule has 242 valence electrons. The van der Waals surface area contributed by atoms with Crippen LogP contribution in [0, 0.1) is 6.92 Å². The second-order valence-corrected chi connectivity index (χ2v) is 14.0. The number of amides is 2. The molecule has 4 aromatic rings. The van der Waals surface area contributed by atoms with Crippen molar-refractivity contribution in [1.29, 1.82) is 0 Å². The van der Waals surface area contributed by atoms with Crippen LogP contribution in [0.15, 0.2) is 102 Å². The maximum Gasteiger partial charge on any atom is 0.264 e. The molecule has 4 aromatic carbocycles. The smallest absolute Gasteiger partial charge is 0.264 e. The number of nitrogens with one attached hydrogen (secondary N) is 1. The van der Waals surface area contributed by atoms with Gasteiger partial charge in [0, 0.05) is 39.6 Å². The maximum atomic E-state index is 14.6. The molecule has 0 aliphatic rings. The highest BCUT2D eigenvalue weighted by atomic mass is 35.5. The number of carbonyl (C=O) groups is 2. The Hall–Kier alpha value is -3.56. The van der Waals surface area contributed by atoms with E-state index in [0.29, 0.717) is 32.6 Å². The fourth-order valence-corrected chi connectivity index (χ4v) is 7.13. The molecule has 0 unspecified atom stereocenters. The van der Waals surface area contributed by atoms with Gasteiger partial charge in [0.15, 0.2) is 0 Å². The quantitative estimate of drug-likeness (QED) is 0.155. The van der Waals surface area contributed by atoms with Crippen molar-refractivity contribution in [2.24, 2.45) is 0 Å². The van der Waals surface area contributed by atoms with E-state index in [0.717, 1.165) is 9.87 Å². The third-order valence-corrected chi connectivity index (χ3v) is 10.7. The standard InChI is InChI=1S/C35H36Cl3N3O4S/c1-4-24(2)39-35(43)33(21-26-13-7-5-8-14-26)40(22-28-30(37)18-11-19-31(28)38)34(42)23-41(32-20-12-17-29(36)25(32)3)46(44,45)27-15-9-6-10-16-27/h5-20,24,33H,4,21-23H2,1-3H3,(H,39,43)/t24-,33+/m1/s1. The molecule has 46 heavy (non-hydrogen) atoms. The SMILES string of the molecule is CC[C@@H](C)NC(=O)[C@H](Cc1ccccc1)N(Cc1c(Cl)cccc1Cl)C(=O)CN(c1cccc(Cl)c1C)S(=O)(=O)c1ccccc1. The first-order chi connectivity index (χ1) is 21.9. The molecule has 7 nitrogen and oxygen atoms in total. The number of anilines is 1. The summed E-state index contributed by atoms with van der Waals surface area (Å²) in [4.78, 5) is 30.0. The van der Waals surface area contributed by atoms with Crippen LogP contribution in [0.4, 0.5) is 5.69 Å². The summed E-state index contributed by atoms with van der Waals surface area (Å²) in [5.74, 6) is -1.01. The minimum atomic E-state index is -4.26. The second-order valence-electron chi connectivity index (χ2n) is 11.0. The molecule has 0 aliphatic carbocycles. The fourth-order valence-electron chi connectivity index (χ4n) is 4.95. The molecule has 2 amide bonds. The molecule has 0 bridgehead atoms. The van der Waals surface area contributed by atoms with E-state index >= 15 is 0 Å². The second kappa shape index (κ2) is 15.8. The van der Waals surface area contributed by atoms with Crippen LogP contribution in [0.2, 0.25) is 15.1 Å². The van der Waals surface area contributed by atoms with E-state index in [-0.39, 0.29) is 35.5 Å². The third-order valence-electron chi connectivity index (χ3n) is 7.78. The molecular formula is C35H36Cl3N3O4S. The molecule has 4 rings (SSSR count). The topological polar surface area (TPSA) is 86.8 Å². The monoisotopic (exact) mass is 699 g/mol. The normalized spacial score (nSPS) is 12.7. The first kappa shape index (κ1) is 35.3. The van der Waals surface area contributed by atoms with Crippen molar-refractivity contribution in [1.82, 2.24) is 10.2 Å². The largest absolute Gasteiger partial charge is 0.352 e. The summed E-state index contributed by atoms with van der Waals surface area (Å²) in [5.41, 5.74) is 1.97. The van der Waals surface area contributed by atoms with E-state index in [4.69, 9.17) is 34.8 Å². The van der Waals surface area contributed by atoms with Crippen molar-refractivity contribution in [2.45, 2.75) is 57.1 Å². The first-order valence-corrected chi connectivity index (χ1v) is 17.4. The van der Waals surface area contributed by atoms with Crippen LogP contribution in [-0.2, 0) is 32.6 Å². The number of nitrogens with zero attached hydrogens (tertiary/aromatic N) is 2. The molecule has 0 spiro atoms. The summed E-state index contributed by atoms with van der Waals surface area (Å²) in [5, 5.41) is 3.97. The summed E-state index contributed by atoms with van der Waals surface area (Å²) in [7, 11) is -4.26. The van der Waals surface area contributed by atoms with Crippen LogP contribution in [0.3, 0.4) is 0 Å². The summed E-state index contributed by atoms with van der Waals surface area (Å²) in [6.07, 6.45) is 0.837. The van der Waals surface area contributed by atoms with Gasteiger partial charge in [-0.1, -0.05) is 102 Å². The lowest BCUT2D eigenvalue weighted by molar-refractivity contribution is -0.140. The summed E-state index contributed by atoms with van der Waals surface area (Å²) in [6.45, 7) is 4.75. The Morgan fingerprint density at radius 2 is 1.37 bits per heavy atom. The van der Waals surface area contributed by atoms with Crippen molar-refractivity contribution >= 4 is 62.3 Å². The molecule has 1 N–H and O–H groups in total. The lowest BCUT2D eigenvalue weighted by atomic mass is 10.0. The predicted molar refractivity (Wildman–Crippen MR) is 186 cm³/mol. The van der Waals surface area contributed by atoms with E-state index < -0.39 is 28.5 Å². The highest BCUT2D eigenvalue weighted by Gasteiger charge is 2.36. The van der Waals surface area contributed by atoms with Crippen molar-refractivity contribution in [3.8, 4) is 0 Å². The van der Waals surface area contributed by atoms with Gasteiger partial charge in [0.05, 0.1) is 10.6 Å². The zero-order valence-electron chi connectivity index (χ0n) is 25.8. The first-order valence-electron chi connectivity index (χ1n) is 14.8. The minimum Gasteiger partial charge on any atom is -0.352 e. The van der Waals surface area contributed by atoms with Gasteiger partial charge < -0.3 is 10.2 Å². The van der Waals surface area contributed by atoms with Gasteiger partial charge in [-0.15, -0.1) is 0 Å². The molecule has 2 atom stereocenters. The van der Waals surface area contributed by atoms with Crippen LogP contribution in [0.5, 0.6) is 0 Å². The lowest BCUT2D eigenvalue weighted by Crippen LogP contribution is -2.54. The third kappa shape index (κ3) is 8.42. The highest BCUT2D eigenvalue weighted by molar-refractivity contribution is 7.92. The van der Waals surface area contributed by atoms with Crippen molar-refractivity contribution < 1.29 is 18.0 Å². The average molecular weight is 701 g/mol. The lowest BCUT2D eigenvalue weighted by Gasteiger charge is -2.35. The van der Waals surface area contributed by atoms with Crippen molar-refractivity contribution in [3.63, 3.8) is 0 Å². The summed E-state index contributed by atoms with van der Waals surface area (Å²) >= 11 is 19.6. The van der Waals surface area contributed by atoms with Gasteiger partial charge in [-0.3, -0.25) is 13.9 Å². The van der Waals surface area contributed by atoms with E-state index in [9.17, 15) is 18.0 Å².